The molecule has 0 aromatic carbocycles. The average molecular weight is 210 g/mol. The molecule has 1 aliphatic rings. The number of unbranched alkanes of at least 4 members (excludes halogenated alkanes) is 5. The fourth-order valence-electron chi connectivity index (χ4n) is 3.00. The molecular formula is C15H30. The molecule has 0 N–H and O–H groups in total. The van der Waals surface area contributed by atoms with E-state index in [9.17, 15) is 0 Å². The van der Waals surface area contributed by atoms with Gasteiger partial charge in [0.15, 0.2) is 0 Å². The van der Waals surface area contributed by atoms with Crippen LogP contribution in [0.1, 0.15) is 78.6 Å². The summed E-state index contributed by atoms with van der Waals surface area (Å²) in [6, 6.07) is 0. The van der Waals surface area contributed by atoms with Gasteiger partial charge in [0.25, 0.3) is 0 Å². The van der Waals surface area contributed by atoms with Crippen LogP contribution in [0.3, 0.4) is 0 Å². The van der Waals surface area contributed by atoms with Crippen LogP contribution in [0.25, 0.3) is 0 Å². The van der Waals surface area contributed by atoms with Gasteiger partial charge in [0, 0.05) is 0 Å². The van der Waals surface area contributed by atoms with Crippen molar-refractivity contribution in [3.05, 3.63) is 0 Å². The third kappa shape index (κ3) is 4.57. The molecule has 0 heteroatoms. The van der Waals surface area contributed by atoms with Crippen molar-refractivity contribution in [2.75, 3.05) is 0 Å². The molecular weight excluding hydrogens is 180 g/mol. The first-order chi connectivity index (χ1) is 7.25. The minimum Gasteiger partial charge on any atom is -0.0654 e. The van der Waals surface area contributed by atoms with Crippen LogP contribution >= 0.6 is 0 Å². The summed E-state index contributed by atoms with van der Waals surface area (Å²) < 4.78 is 0. The lowest BCUT2D eigenvalue weighted by Crippen LogP contribution is -2.28. The van der Waals surface area contributed by atoms with Gasteiger partial charge in [-0.05, 0) is 24.2 Å². The SMILES string of the molecule is CCCCCCCCC(C)C1CCC1C. The zero-order valence-electron chi connectivity index (χ0n) is 11.1. The van der Waals surface area contributed by atoms with E-state index in [4.69, 9.17) is 0 Å². The summed E-state index contributed by atoms with van der Waals surface area (Å²) in [4.78, 5) is 0. The van der Waals surface area contributed by atoms with E-state index in [1.807, 2.05) is 0 Å². The number of hydrogen-bond donors (Lipinski definition) is 0. The van der Waals surface area contributed by atoms with Gasteiger partial charge in [-0.25, -0.2) is 0 Å². The summed E-state index contributed by atoms with van der Waals surface area (Å²) in [5, 5.41) is 0. The largest absolute Gasteiger partial charge is 0.0654 e. The van der Waals surface area contributed by atoms with E-state index in [-0.39, 0.29) is 0 Å². The normalized spacial score (nSPS) is 27.4. The molecule has 90 valence electrons. The molecule has 15 heavy (non-hydrogen) atoms. The summed E-state index contributed by atoms with van der Waals surface area (Å²) in [5.74, 6) is 3.10. The molecule has 3 unspecified atom stereocenters. The molecule has 0 radical (unpaired) electrons. The van der Waals surface area contributed by atoms with Gasteiger partial charge in [-0.3, -0.25) is 0 Å². The molecule has 0 bridgehead atoms. The Morgan fingerprint density at radius 3 is 2.20 bits per heavy atom. The van der Waals surface area contributed by atoms with Crippen molar-refractivity contribution < 1.29 is 0 Å². The number of hydrogen-bond acceptors (Lipinski definition) is 0. The Kier molecular flexibility index (Phi) is 6.36. The summed E-state index contributed by atoms with van der Waals surface area (Å²) in [5.41, 5.74) is 0. The fourth-order valence-corrected chi connectivity index (χ4v) is 3.00. The molecule has 0 heterocycles. The predicted octanol–water partition coefficient (Wildman–Crippen LogP) is 5.42. The van der Waals surface area contributed by atoms with E-state index in [1.165, 1.54) is 57.8 Å². The lowest BCUT2D eigenvalue weighted by molar-refractivity contribution is 0.121. The molecule has 0 amide bonds. The van der Waals surface area contributed by atoms with E-state index in [2.05, 4.69) is 20.8 Å². The zero-order valence-corrected chi connectivity index (χ0v) is 11.1. The van der Waals surface area contributed by atoms with Gasteiger partial charge < -0.3 is 0 Å². The van der Waals surface area contributed by atoms with E-state index >= 15 is 0 Å². The van der Waals surface area contributed by atoms with Crippen LogP contribution in [0.5, 0.6) is 0 Å². The third-order valence-electron chi connectivity index (χ3n) is 4.43. The Hall–Kier alpha value is 0. The highest BCUT2D eigenvalue weighted by atomic mass is 14.4. The van der Waals surface area contributed by atoms with Crippen molar-refractivity contribution in [1.82, 2.24) is 0 Å². The van der Waals surface area contributed by atoms with Crippen molar-refractivity contribution in [3.8, 4) is 0 Å². The van der Waals surface area contributed by atoms with E-state index in [1.54, 1.807) is 0 Å². The Labute approximate surface area is 96.8 Å². The molecule has 3 atom stereocenters. The second-order valence-corrected chi connectivity index (χ2v) is 5.75. The van der Waals surface area contributed by atoms with Gasteiger partial charge in [0.1, 0.15) is 0 Å². The van der Waals surface area contributed by atoms with E-state index in [0.717, 1.165) is 17.8 Å². The summed E-state index contributed by atoms with van der Waals surface area (Å²) in [6.45, 7) is 7.21. The van der Waals surface area contributed by atoms with E-state index in [0.29, 0.717) is 0 Å². The highest BCUT2D eigenvalue weighted by molar-refractivity contribution is 4.81. The van der Waals surface area contributed by atoms with Crippen molar-refractivity contribution in [1.29, 1.82) is 0 Å². The second-order valence-electron chi connectivity index (χ2n) is 5.75. The molecule has 1 aliphatic carbocycles. The Balaban J connectivity index is 1.90. The summed E-state index contributed by atoms with van der Waals surface area (Å²) in [6.07, 6.45) is 13.2. The van der Waals surface area contributed by atoms with Gasteiger partial charge in [-0.2, -0.15) is 0 Å². The minimum absolute atomic E-state index is 1.000. The van der Waals surface area contributed by atoms with Crippen molar-refractivity contribution in [2.24, 2.45) is 17.8 Å². The summed E-state index contributed by atoms with van der Waals surface area (Å²) in [7, 11) is 0. The molecule has 0 aromatic heterocycles. The highest BCUT2D eigenvalue weighted by Crippen LogP contribution is 2.40. The lowest BCUT2D eigenvalue weighted by atomic mass is 9.67. The van der Waals surface area contributed by atoms with Gasteiger partial charge >= 0.3 is 0 Å². The maximum Gasteiger partial charge on any atom is -0.0363 e. The molecule has 0 aromatic rings. The van der Waals surface area contributed by atoms with Crippen LogP contribution in [0.4, 0.5) is 0 Å². The van der Waals surface area contributed by atoms with Crippen LogP contribution < -0.4 is 0 Å². The quantitative estimate of drug-likeness (QED) is 0.469. The van der Waals surface area contributed by atoms with Crippen LogP contribution in [0, 0.1) is 17.8 Å². The molecule has 0 aliphatic heterocycles. The summed E-state index contributed by atoms with van der Waals surface area (Å²) >= 11 is 0. The van der Waals surface area contributed by atoms with Crippen LogP contribution in [-0.2, 0) is 0 Å². The molecule has 0 spiro atoms. The van der Waals surface area contributed by atoms with Gasteiger partial charge in [0.2, 0.25) is 0 Å². The molecule has 0 nitrogen and oxygen atoms in total. The standard InChI is InChI=1S/C15H30/c1-4-5-6-7-8-9-10-13(2)15-12-11-14(15)3/h13-15H,4-12H2,1-3H3. The first-order valence-corrected chi connectivity index (χ1v) is 7.25. The van der Waals surface area contributed by atoms with Gasteiger partial charge in [-0.1, -0.05) is 72.1 Å². The molecule has 1 saturated carbocycles. The maximum atomic E-state index is 2.48. The molecule has 0 saturated heterocycles. The first-order valence-electron chi connectivity index (χ1n) is 7.25. The van der Waals surface area contributed by atoms with Crippen molar-refractivity contribution >= 4 is 0 Å². The monoisotopic (exact) mass is 210 g/mol. The Morgan fingerprint density at radius 1 is 1.00 bits per heavy atom. The first kappa shape index (κ1) is 13.1. The third-order valence-corrected chi connectivity index (χ3v) is 4.43. The highest BCUT2D eigenvalue weighted by Gasteiger charge is 2.30. The van der Waals surface area contributed by atoms with E-state index < -0.39 is 0 Å². The van der Waals surface area contributed by atoms with Crippen LogP contribution in [0.2, 0.25) is 0 Å². The predicted molar refractivity (Wildman–Crippen MR) is 69.0 cm³/mol. The van der Waals surface area contributed by atoms with Gasteiger partial charge in [0.05, 0.1) is 0 Å². The Morgan fingerprint density at radius 2 is 1.67 bits per heavy atom. The molecule has 1 fully saturated rings. The van der Waals surface area contributed by atoms with Crippen LogP contribution in [-0.4, -0.2) is 0 Å². The second kappa shape index (κ2) is 7.30. The Bertz CT molecular complexity index is 150. The average Bonchev–Trinajstić information content (AvgIpc) is 2.21. The fraction of sp³-hybridized carbons (Fsp3) is 1.00. The number of rotatable bonds is 8. The minimum atomic E-state index is 1.000. The van der Waals surface area contributed by atoms with Crippen molar-refractivity contribution in [2.45, 2.75) is 78.6 Å². The lowest BCUT2D eigenvalue weighted by Gasteiger charge is -2.38. The zero-order chi connectivity index (χ0) is 11.1. The van der Waals surface area contributed by atoms with Crippen molar-refractivity contribution in [3.63, 3.8) is 0 Å². The smallest absolute Gasteiger partial charge is 0.0363 e. The topological polar surface area (TPSA) is 0 Å². The van der Waals surface area contributed by atoms with Gasteiger partial charge in [-0.15, -0.1) is 0 Å². The van der Waals surface area contributed by atoms with Crippen LogP contribution in [0.15, 0.2) is 0 Å². The molecule has 1 rings (SSSR count). The maximum absolute atomic E-state index is 2.48.